The lowest BCUT2D eigenvalue weighted by Gasteiger charge is -2.06. The zero-order valence-corrected chi connectivity index (χ0v) is 13.5. The Labute approximate surface area is 142 Å². The highest BCUT2D eigenvalue weighted by Crippen LogP contribution is 2.25. The predicted octanol–water partition coefficient (Wildman–Crippen LogP) is 3.26. The molecule has 0 aliphatic carbocycles. The van der Waals surface area contributed by atoms with Crippen LogP contribution in [-0.4, -0.2) is 33.1 Å². The lowest BCUT2D eigenvalue weighted by atomic mass is 10.1. The number of aromatic nitrogens is 4. The average Bonchev–Trinajstić information content (AvgIpc) is 3.07. The van der Waals surface area contributed by atoms with Gasteiger partial charge in [0.1, 0.15) is 0 Å². The van der Waals surface area contributed by atoms with Gasteiger partial charge in [0.15, 0.2) is 6.61 Å². The van der Waals surface area contributed by atoms with Gasteiger partial charge in [-0.2, -0.15) is 4.98 Å². The molecular weight excluding hydrogens is 330 g/mol. The second kappa shape index (κ2) is 7.78. The number of alkyl halides is 2. The minimum atomic E-state index is -2.58. The largest absolute Gasteiger partial charge is 0.471 e. The standard InChI is InChI=1S/C17H16F2N4O2/c1-11-7-12(9-20-8-11)4-5-15-22-16(23-25-15)13-3-2-6-21-17(13)24-10-14(18)19/h2-3,6-9,14H,4-5,10H2,1H3. The summed E-state index contributed by atoms with van der Waals surface area (Å²) in [5, 5.41) is 3.89. The van der Waals surface area contributed by atoms with E-state index in [9.17, 15) is 8.78 Å². The molecule has 6 nitrogen and oxygen atoms in total. The maximum absolute atomic E-state index is 12.3. The topological polar surface area (TPSA) is 73.9 Å². The Kier molecular flexibility index (Phi) is 5.27. The van der Waals surface area contributed by atoms with E-state index in [0.29, 0.717) is 24.3 Å². The van der Waals surface area contributed by atoms with Crippen molar-refractivity contribution < 1.29 is 18.0 Å². The Hall–Kier alpha value is -2.90. The van der Waals surface area contributed by atoms with Crippen molar-refractivity contribution in [3.63, 3.8) is 0 Å². The molecule has 0 amide bonds. The first-order chi connectivity index (χ1) is 12.1. The summed E-state index contributed by atoms with van der Waals surface area (Å²) >= 11 is 0. The number of aryl methyl sites for hydroxylation is 3. The zero-order chi connectivity index (χ0) is 17.6. The lowest BCUT2D eigenvalue weighted by molar-refractivity contribution is 0.0799. The fourth-order valence-electron chi connectivity index (χ4n) is 2.29. The third-order valence-corrected chi connectivity index (χ3v) is 3.39. The Morgan fingerprint density at radius 3 is 2.92 bits per heavy atom. The smallest absolute Gasteiger partial charge is 0.272 e. The molecule has 0 fully saturated rings. The van der Waals surface area contributed by atoms with Gasteiger partial charge in [-0.25, -0.2) is 13.8 Å². The van der Waals surface area contributed by atoms with Crippen LogP contribution in [0.5, 0.6) is 5.88 Å². The molecule has 0 radical (unpaired) electrons. The van der Waals surface area contributed by atoms with Crippen LogP contribution in [0.1, 0.15) is 17.0 Å². The number of nitrogens with zero attached hydrogens (tertiary/aromatic N) is 4. The highest BCUT2D eigenvalue weighted by Gasteiger charge is 2.16. The zero-order valence-electron chi connectivity index (χ0n) is 13.5. The van der Waals surface area contributed by atoms with Crippen LogP contribution >= 0.6 is 0 Å². The number of hydrogen-bond donors (Lipinski definition) is 0. The van der Waals surface area contributed by atoms with Crippen molar-refractivity contribution in [1.82, 2.24) is 20.1 Å². The van der Waals surface area contributed by atoms with E-state index in [2.05, 4.69) is 20.1 Å². The minimum absolute atomic E-state index is 0.0537. The maximum atomic E-state index is 12.3. The summed E-state index contributed by atoms with van der Waals surface area (Å²) in [6.07, 6.45) is 3.71. The third-order valence-electron chi connectivity index (χ3n) is 3.39. The molecule has 0 aliphatic rings. The van der Waals surface area contributed by atoms with Gasteiger partial charge in [-0.3, -0.25) is 4.98 Å². The summed E-state index contributed by atoms with van der Waals surface area (Å²) in [5.74, 6) is 0.757. The van der Waals surface area contributed by atoms with Gasteiger partial charge in [-0.1, -0.05) is 11.2 Å². The van der Waals surface area contributed by atoms with Crippen molar-refractivity contribution in [3.05, 3.63) is 53.8 Å². The molecular formula is C17H16F2N4O2. The Morgan fingerprint density at radius 2 is 2.12 bits per heavy atom. The number of pyridine rings is 2. The van der Waals surface area contributed by atoms with Crippen LogP contribution in [0, 0.1) is 6.92 Å². The highest BCUT2D eigenvalue weighted by molar-refractivity contribution is 5.60. The molecule has 0 atom stereocenters. The highest BCUT2D eigenvalue weighted by atomic mass is 19.3. The maximum Gasteiger partial charge on any atom is 0.272 e. The fourth-order valence-corrected chi connectivity index (χ4v) is 2.29. The second-order valence-corrected chi connectivity index (χ2v) is 5.44. The van der Waals surface area contributed by atoms with Gasteiger partial charge in [0.25, 0.3) is 6.43 Å². The molecule has 0 unspecified atom stereocenters. The molecule has 0 aromatic carbocycles. The summed E-state index contributed by atoms with van der Waals surface area (Å²) in [5.41, 5.74) is 2.57. The Balaban J connectivity index is 1.71. The van der Waals surface area contributed by atoms with Crippen molar-refractivity contribution in [1.29, 1.82) is 0 Å². The van der Waals surface area contributed by atoms with E-state index < -0.39 is 13.0 Å². The Bertz CT molecular complexity index is 839. The van der Waals surface area contributed by atoms with Gasteiger partial charge < -0.3 is 9.26 Å². The summed E-state index contributed by atoms with van der Waals surface area (Å²) in [4.78, 5) is 12.4. The monoisotopic (exact) mass is 346 g/mol. The molecule has 0 saturated heterocycles. The first-order valence-corrected chi connectivity index (χ1v) is 7.71. The fraction of sp³-hybridized carbons (Fsp3) is 0.294. The molecule has 0 spiro atoms. The quantitative estimate of drug-likeness (QED) is 0.654. The molecule has 3 heterocycles. The summed E-state index contributed by atoms with van der Waals surface area (Å²) < 4.78 is 34.9. The average molecular weight is 346 g/mol. The number of hydrogen-bond acceptors (Lipinski definition) is 6. The van der Waals surface area contributed by atoms with Crippen molar-refractivity contribution in [2.24, 2.45) is 0 Å². The van der Waals surface area contributed by atoms with E-state index in [1.54, 1.807) is 24.5 Å². The molecule has 3 rings (SSSR count). The molecule has 3 aromatic rings. The van der Waals surface area contributed by atoms with Crippen molar-refractivity contribution in [2.45, 2.75) is 26.2 Å². The third kappa shape index (κ3) is 4.56. The summed E-state index contributed by atoms with van der Waals surface area (Å²) in [6.45, 7) is 1.24. The van der Waals surface area contributed by atoms with Crippen LogP contribution in [0.2, 0.25) is 0 Å². The summed E-state index contributed by atoms with van der Waals surface area (Å²) in [6, 6.07) is 5.34. The lowest BCUT2D eigenvalue weighted by Crippen LogP contribution is -2.08. The van der Waals surface area contributed by atoms with Crippen LogP contribution in [0.25, 0.3) is 11.4 Å². The number of halogens is 2. The van der Waals surface area contributed by atoms with Crippen LogP contribution < -0.4 is 4.74 Å². The van der Waals surface area contributed by atoms with Gasteiger partial charge in [0.05, 0.1) is 5.56 Å². The van der Waals surface area contributed by atoms with Gasteiger partial charge in [0, 0.05) is 25.0 Å². The van der Waals surface area contributed by atoms with Gasteiger partial charge in [0.2, 0.25) is 17.6 Å². The van der Waals surface area contributed by atoms with Crippen molar-refractivity contribution in [3.8, 4) is 17.3 Å². The molecule has 25 heavy (non-hydrogen) atoms. The minimum Gasteiger partial charge on any atom is -0.471 e. The van der Waals surface area contributed by atoms with E-state index in [4.69, 9.17) is 9.26 Å². The molecule has 0 bridgehead atoms. The van der Waals surface area contributed by atoms with Crippen molar-refractivity contribution >= 4 is 0 Å². The van der Waals surface area contributed by atoms with Gasteiger partial charge in [-0.15, -0.1) is 0 Å². The van der Waals surface area contributed by atoms with Crippen LogP contribution in [0.4, 0.5) is 8.78 Å². The number of ether oxygens (including phenoxy) is 1. The molecule has 3 aromatic heterocycles. The molecule has 0 saturated carbocycles. The van der Waals surface area contributed by atoms with Crippen LogP contribution in [-0.2, 0) is 12.8 Å². The van der Waals surface area contributed by atoms with Gasteiger partial charge in [-0.05, 0) is 36.6 Å². The first-order valence-electron chi connectivity index (χ1n) is 7.71. The first kappa shape index (κ1) is 16.9. The van der Waals surface area contributed by atoms with E-state index in [1.165, 1.54) is 6.20 Å². The van der Waals surface area contributed by atoms with E-state index in [0.717, 1.165) is 11.1 Å². The number of rotatable bonds is 7. The second-order valence-electron chi connectivity index (χ2n) is 5.44. The predicted molar refractivity (Wildman–Crippen MR) is 85.4 cm³/mol. The Morgan fingerprint density at radius 1 is 1.24 bits per heavy atom. The molecule has 130 valence electrons. The van der Waals surface area contributed by atoms with E-state index in [1.807, 2.05) is 13.0 Å². The molecule has 0 N–H and O–H groups in total. The van der Waals surface area contributed by atoms with E-state index in [-0.39, 0.29) is 11.7 Å². The van der Waals surface area contributed by atoms with Gasteiger partial charge >= 0.3 is 0 Å². The normalized spacial score (nSPS) is 11.0. The van der Waals surface area contributed by atoms with Crippen LogP contribution in [0.3, 0.4) is 0 Å². The SMILES string of the molecule is Cc1cncc(CCc2nc(-c3cccnc3OCC(F)F)no2)c1. The molecule has 8 heteroatoms. The molecule has 0 aliphatic heterocycles. The summed E-state index contributed by atoms with van der Waals surface area (Å²) in [7, 11) is 0. The van der Waals surface area contributed by atoms with Crippen LogP contribution in [0.15, 0.2) is 41.3 Å². The van der Waals surface area contributed by atoms with Crippen molar-refractivity contribution in [2.75, 3.05) is 6.61 Å². The van der Waals surface area contributed by atoms with E-state index >= 15 is 0 Å².